The van der Waals surface area contributed by atoms with Crippen molar-refractivity contribution in [3.63, 3.8) is 0 Å². The first-order chi connectivity index (χ1) is 8.30. The van der Waals surface area contributed by atoms with Crippen LogP contribution in [0.5, 0.6) is 0 Å². The third-order valence-electron chi connectivity index (χ3n) is 2.41. The fraction of sp³-hybridized carbons (Fsp3) is 0.333. The summed E-state index contributed by atoms with van der Waals surface area (Å²) in [6.45, 7) is 6.18. The molecule has 0 aliphatic carbocycles. The second-order valence-electron chi connectivity index (χ2n) is 4.92. The summed E-state index contributed by atoms with van der Waals surface area (Å²) in [4.78, 5) is 20.4. The van der Waals surface area contributed by atoms with E-state index in [0.29, 0.717) is 9.39 Å². The topological polar surface area (TPSA) is 45.8 Å². The quantitative estimate of drug-likeness (QED) is 0.679. The van der Waals surface area contributed by atoms with Crippen molar-refractivity contribution in [2.75, 3.05) is 0 Å². The molecule has 3 nitrogen and oxygen atoms in total. The third kappa shape index (κ3) is 2.70. The number of nitrogens with one attached hydrogen (secondary N) is 1. The van der Waals surface area contributed by atoms with Gasteiger partial charge in [0.2, 0.25) is 0 Å². The van der Waals surface area contributed by atoms with E-state index in [0.717, 1.165) is 15.0 Å². The average molecular weight is 439 g/mol. The van der Waals surface area contributed by atoms with Gasteiger partial charge in [-0.2, -0.15) is 0 Å². The number of hydrogen-bond donors (Lipinski definition) is 1. The van der Waals surface area contributed by atoms with E-state index in [-0.39, 0.29) is 11.0 Å². The minimum absolute atomic E-state index is 0.0779. The van der Waals surface area contributed by atoms with Gasteiger partial charge in [0.15, 0.2) is 5.82 Å². The molecule has 0 aliphatic heterocycles. The van der Waals surface area contributed by atoms with Gasteiger partial charge in [-0.25, -0.2) is 4.98 Å². The lowest BCUT2D eigenvalue weighted by atomic mass is 9.92. The Morgan fingerprint density at radius 2 is 2.11 bits per heavy atom. The average Bonchev–Trinajstić information content (AvgIpc) is 2.66. The minimum Gasteiger partial charge on any atom is -0.305 e. The number of nitrogens with zero attached hydrogens (tertiary/aromatic N) is 1. The van der Waals surface area contributed by atoms with Crippen molar-refractivity contribution in [1.82, 2.24) is 9.97 Å². The molecule has 6 heteroatoms. The first-order valence-electron chi connectivity index (χ1n) is 5.34. The Hall–Kier alpha value is -0.210. The van der Waals surface area contributed by atoms with Gasteiger partial charge >= 0.3 is 0 Å². The lowest BCUT2D eigenvalue weighted by Crippen LogP contribution is -2.24. The maximum atomic E-state index is 12.0. The Labute approximate surface area is 131 Å². The highest BCUT2D eigenvalue weighted by Gasteiger charge is 2.23. The number of hydrogen-bond acceptors (Lipinski definition) is 3. The van der Waals surface area contributed by atoms with Gasteiger partial charge in [0, 0.05) is 9.89 Å². The van der Waals surface area contributed by atoms with E-state index in [1.807, 2.05) is 11.4 Å². The first-order valence-corrected chi connectivity index (χ1v) is 8.09. The highest BCUT2D eigenvalue weighted by Crippen LogP contribution is 2.32. The van der Waals surface area contributed by atoms with Crippen LogP contribution in [0.1, 0.15) is 26.5 Å². The van der Waals surface area contributed by atoms with E-state index in [1.54, 1.807) is 11.3 Å². The Kier molecular flexibility index (Phi) is 3.99. The van der Waals surface area contributed by atoms with Gasteiger partial charge < -0.3 is 4.98 Å². The van der Waals surface area contributed by atoms with E-state index in [9.17, 15) is 4.79 Å². The van der Waals surface area contributed by atoms with E-state index >= 15 is 0 Å². The zero-order valence-electron chi connectivity index (χ0n) is 10.2. The normalized spacial score (nSPS) is 11.8. The lowest BCUT2D eigenvalue weighted by molar-refractivity contribution is 0.562. The molecule has 0 aliphatic rings. The molecule has 0 unspecified atom stereocenters. The van der Waals surface area contributed by atoms with Gasteiger partial charge in [-0.15, -0.1) is 11.3 Å². The highest BCUT2D eigenvalue weighted by atomic mass is 127. The number of H-pyrrole nitrogens is 1. The predicted molar refractivity (Wildman–Crippen MR) is 87.3 cm³/mol. The Balaban J connectivity index is 2.70. The molecule has 0 bridgehead atoms. The maximum absolute atomic E-state index is 12.0. The summed E-state index contributed by atoms with van der Waals surface area (Å²) in [5.74, 6) is 0.632. The summed E-state index contributed by atoms with van der Waals surface area (Å²) in [7, 11) is 0. The molecular weight excluding hydrogens is 427 g/mol. The van der Waals surface area contributed by atoms with Crippen molar-refractivity contribution in [2.45, 2.75) is 26.2 Å². The molecular formula is C12H12BrIN2OS. The molecule has 2 rings (SSSR count). The summed E-state index contributed by atoms with van der Waals surface area (Å²) in [6, 6.07) is 1.95. The molecule has 0 aromatic carbocycles. The fourth-order valence-corrected chi connectivity index (χ4v) is 4.09. The summed E-state index contributed by atoms with van der Waals surface area (Å²) in [5.41, 5.74) is 0.608. The summed E-state index contributed by atoms with van der Waals surface area (Å²) < 4.78 is 1.62. The Morgan fingerprint density at radius 3 is 2.61 bits per heavy atom. The van der Waals surface area contributed by atoms with Crippen LogP contribution in [0.2, 0.25) is 0 Å². The van der Waals surface area contributed by atoms with Crippen LogP contribution >= 0.6 is 49.9 Å². The summed E-state index contributed by atoms with van der Waals surface area (Å²) in [6.07, 6.45) is 0. The zero-order valence-corrected chi connectivity index (χ0v) is 14.7. The molecule has 0 radical (unpaired) electrons. The predicted octanol–water partition coefficient (Wildman–Crippen LogP) is 4.16. The standard InChI is InChI=1S/C12H12BrIN2OS/c1-12(2,3)9-7(14)11(17)16-10(15-9)8-6(13)4-5-18-8/h4-5H,1-3H3,(H,15,16,17). The second kappa shape index (κ2) is 5.05. The monoisotopic (exact) mass is 438 g/mol. The maximum Gasteiger partial charge on any atom is 0.264 e. The number of aromatic nitrogens is 2. The van der Waals surface area contributed by atoms with Crippen LogP contribution in [-0.4, -0.2) is 9.97 Å². The SMILES string of the molecule is CC(C)(C)c1nc(-c2sccc2Br)[nH]c(=O)c1I. The molecule has 0 atom stereocenters. The van der Waals surface area contributed by atoms with Crippen molar-refractivity contribution in [3.8, 4) is 10.7 Å². The number of halogens is 2. The number of rotatable bonds is 1. The van der Waals surface area contributed by atoms with E-state index in [2.05, 4.69) is 69.3 Å². The third-order valence-corrected chi connectivity index (χ3v) is 5.25. The van der Waals surface area contributed by atoms with Gasteiger partial charge in [0.1, 0.15) is 3.57 Å². The van der Waals surface area contributed by atoms with Crippen molar-refractivity contribution in [2.24, 2.45) is 0 Å². The second-order valence-corrected chi connectivity index (χ2v) is 7.77. The van der Waals surface area contributed by atoms with Crippen LogP contribution < -0.4 is 5.56 Å². The number of aromatic amines is 1. The number of thiophene rings is 1. The van der Waals surface area contributed by atoms with Crippen LogP contribution in [0.25, 0.3) is 10.7 Å². The molecule has 1 N–H and O–H groups in total. The van der Waals surface area contributed by atoms with Gasteiger partial charge in [-0.05, 0) is 50.0 Å². The molecule has 0 amide bonds. The van der Waals surface area contributed by atoms with Gasteiger partial charge in [0.05, 0.1) is 10.6 Å². The molecule has 2 heterocycles. The molecule has 2 aromatic rings. The molecule has 0 saturated carbocycles. The zero-order chi connectivity index (χ0) is 13.5. The first kappa shape index (κ1) is 14.2. The molecule has 2 aromatic heterocycles. The van der Waals surface area contributed by atoms with Crippen LogP contribution in [0, 0.1) is 3.57 Å². The van der Waals surface area contributed by atoms with Crippen molar-refractivity contribution in [1.29, 1.82) is 0 Å². The Morgan fingerprint density at radius 1 is 1.44 bits per heavy atom. The molecule has 0 spiro atoms. The van der Waals surface area contributed by atoms with E-state index in [4.69, 9.17) is 0 Å². The summed E-state index contributed by atoms with van der Waals surface area (Å²) >= 11 is 7.08. The van der Waals surface area contributed by atoms with E-state index in [1.165, 1.54) is 0 Å². The molecule has 0 fully saturated rings. The van der Waals surface area contributed by atoms with Crippen LogP contribution in [-0.2, 0) is 5.41 Å². The van der Waals surface area contributed by atoms with E-state index < -0.39 is 0 Å². The van der Waals surface area contributed by atoms with Crippen LogP contribution in [0.3, 0.4) is 0 Å². The molecule has 96 valence electrons. The van der Waals surface area contributed by atoms with Crippen LogP contribution in [0.15, 0.2) is 20.7 Å². The van der Waals surface area contributed by atoms with Gasteiger partial charge in [0.25, 0.3) is 5.56 Å². The largest absolute Gasteiger partial charge is 0.305 e. The van der Waals surface area contributed by atoms with Gasteiger partial charge in [-0.1, -0.05) is 20.8 Å². The van der Waals surface area contributed by atoms with Gasteiger partial charge in [-0.3, -0.25) is 4.79 Å². The Bertz CT molecular complexity index is 642. The van der Waals surface area contributed by atoms with Crippen LogP contribution in [0.4, 0.5) is 0 Å². The van der Waals surface area contributed by atoms with Crippen molar-refractivity contribution < 1.29 is 0 Å². The highest BCUT2D eigenvalue weighted by molar-refractivity contribution is 14.1. The lowest BCUT2D eigenvalue weighted by Gasteiger charge is -2.19. The molecule has 0 saturated heterocycles. The summed E-state index contributed by atoms with van der Waals surface area (Å²) in [5, 5.41) is 1.97. The van der Waals surface area contributed by atoms with Crippen molar-refractivity contribution >= 4 is 49.9 Å². The van der Waals surface area contributed by atoms with Crippen molar-refractivity contribution in [3.05, 3.63) is 35.5 Å². The fourth-order valence-electron chi connectivity index (χ4n) is 1.53. The minimum atomic E-state index is -0.150. The molecule has 18 heavy (non-hydrogen) atoms. The smallest absolute Gasteiger partial charge is 0.264 e.